The predicted octanol–water partition coefficient (Wildman–Crippen LogP) is 4.90. The Morgan fingerprint density at radius 2 is 2.00 bits per heavy atom. The molecule has 4 heteroatoms. The van der Waals surface area contributed by atoms with Crippen LogP contribution < -0.4 is 10.2 Å². The molecule has 0 amide bonds. The quantitative estimate of drug-likeness (QED) is 0.845. The minimum absolute atomic E-state index is 0.474. The molecule has 1 saturated heterocycles. The Bertz CT molecular complexity index is 490. The van der Waals surface area contributed by atoms with E-state index in [-0.39, 0.29) is 0 Å². The van der Waals surface area contributed by atoms with Crippen LogP contribution in [0.3, 0.4) is 0 Å². The molecule has 1 aromatic carbocycles. The zero-order chi connectivity index (χ0) is 15.6. The van der Waals surface area contributed by atoms with Gasteiger partial charge in [-0.25, -0.2) is 0 Å². The second-order valence-corrected chi connectivity index (χ2v) is 6.98. The Hall–Kier alpha value is -0.440. The summed E-state index contributed by atoms with van der Waals surface area (Å²) >= 11 is 12.8. The van der Waals surface area contributed by atoms with E-state index in [9.17, 15) is 0 Å². The van der Waals surface area contributed by atoms with Crippen molar-refractivity contribution in [3.8, 4) is 0 Å². The van der Waals surface area contributed by atoms with Crippen molar-refractivity contribution in [2.75, 3.05) is 18.0 Å². The number of benzene rings is 1. The number of halogens is 2. The SMILES string of the molecule is CCC(C)C1CN(c2cc(Cl)c(C)cc2Cl)C(CC)CN1. The first-order valence-corrected chi connectivity index (χ1v) is 8.69. The van der Waals surface area contributed by atoms with Crippen molar-refractivity contribution < 1.29 is 0 Å². The topological polar surface area (TPSA) is 15.3 Å². The highest BCUT2D eigenvalue weighted by Crippen LogP contribution is 2.34. The number of aryl methyl sites for hydroxylation is 1. The summed E-state index contributed by atoms with van der Waals surface area (Å²) < 4.78 is 0. The van der Waals surface area contributed by atoms with Crippen molar-refractivity contribution >= 4 is 28.9 Å². The third-order valence-corrected chi connectivity index (χ3v) is 5.50. The number of nitrogens with zero attached hydrogens (tertiary/aromatic N) is 1. The highest BCUT2D eigenvalue weighted by Gasteiger charge is 2.30. The second-order valence-electron chi connectivity index (χ2n) is 6.17. The molecule has 0 saturated carbocycles. The molecule has 0 aromatic heterocycles. The lowest BCUT2D eigenvalue weighted by molar-refractivity contribution is 0.306. The van der Waals surface area contributed by atoms with Gasteiger partial charge in [-0.05, 0) is 37.0 Å². The van der Waals surface area contributed by atoms with E-state index in [1.165, 1.54) is 6.42 Å². The molecule has 1 fully saturated rings. The maximum atomic E-state index is 6.50. The zero-order valence-corrected chi connectivity index (χ0v) is 14.9. The van der Waals surface area contributed by atoms with E-state index in [0.29, 0.717) is 18.0 Å². The van der Waals surface area contributed by atoms with Crippen LogP contribution in [-0.4, -0.2) is 25.2 Å². The zero-order valence-electron chi connectivity index (χ0n) is 13.4. The first-order chi connectivity index (χ1) is 9.97. The highest BCUT2D eigenvalue weighted by atomic mass is 35.5. The molecule has 3 unspecified atom stereocenters. The van der Waals surface area contributed by atoms with E-state index < -0.39 is 0 Å². The molecule has 1 aliphatic rings. The lowest BCUT2D eigenvalue weighted by Crippen LogP contribution is -2.58. The van der Waals surface area contributed by atoms with Crippen LogP contribution in [0.2, 0.25) is 10.0 Å². The molecule has 21 heavy (non-hydrogen) atoms. The van der Waals surface area contributed by atoms with Crippen LogP contribution in [0.5, 0.6) is 0 Å². The summed E-state index contributed by atoms with van der Waals surface area (Å²) in [5, 5.41) is 5.30. The fourth-order valence-corrected chi connectivity index (χ4v) is 3.49. The van der Waals surface area contributed by atoms with Crippen molar-refractivity contribution in [1.29, 1.82) is 0 Å². The van der Waals surface area contributed by atoms with Crippen LogP contribution >= 0.6 is 23.2 Å². The van der Waals surface area contributed by atoms with Crippen LogP contribution in [0.1, 0.15) is 39.2 Å². The van der Waals surface area contributed by atoms with Gasteiger partial charge in [-0.15, -0.1) is 0 Å². The number of hydrogen-bond donors (Lipinski definition) is 1. The molecule has 0 spiro atoms. The summed E-state index contributed by atoms with van der Waals surface area (Å²) in [6.45, 7) is 10.8. The van der Waals surface area contributed by atoms with Gasteiger partial charge in [0.25, 0.3) is 0 Å². The Balaban J connectivity index is 2.31. The van der Waals surface area contributed by atoms with E-state index in [4.69, 9.17) is 23.2 Å². The molecular weight excluding hydrogens is 303 g/mol. The van der Waals surface area contributed by atoms with Crippen molar-refractivity contribution in [2.45, 2.75) is 52.6 Å². The predicted molar refractivity (Wildman–Crippen MR) is 93.9 cm³/mol. The Labute approximate surface area is 138 Å². The van der Waals surface area contributed by atoms with Gasteiger partial charge in [-0.3, -0.25) is 0 Å². The lowest BCUT2D eigenvalue weighted by atomic mass is 9.94. The number of piperazine rings is 1. The minimum atomic E-state index is 0.474. The van der Waals surface area contributed by atoms with Crippen molar-refractivity contribution in [1.82, 2.24) is 5.32 Å². The smallest absolute Gasteiger partial charge is 0.0643 e. The monoisotopic (exact) mass is 328 g/mol. The van der Waals surface area contributed by atoms with E-state index in [1.54, 1.807) is 0 Å². The van der Waals surface area contributed by atoms with Gasteiger partial charge < -0.3 is 10.2 Å². The van der Waals surface area contributed by atoms with E-state index in [0.717, 1.165) is 40.8 Å². The molecule has 1 aromatic rings. The van der Waals surface area contributed by atoms with Gasteiger partial charge >= 0.3 is 0 Å². The van der Waals surface area contributed by atoms with Gasteiger partial charge in [0.2, 0.25) is 0 Å². The van der Waals surface area contributed by atoms with Gasteiger partial charge in [0, 0.05) is 30.2 Å². The largest absolute Gasteiger partial charge is 0.364 e. The van der Waals surface area contributed by atoms with Crippen LogP contribution in [0.15, 0.2) is 12.1 Å². The third-order valence-electron chi connectivity index (χ3n) is 4.79. The molecule has 2 nitrogen and oxygen atoms in total. The molecule has 0 aliphatic carbocycles. The fourth-order valence-electron chi connectivity index (χ4n) is 3.00. The van der Waals surface area contributed by atoms with E-state index in [2.05, 4.69) is 31.0 Å². The van der Waals surface area contributed by atoms with Gasteiger partial charge in [-0.1, -0.05) is 50.4 Å². The average molecular weight is 329 g/mol. The summed E-state index contributed by atoms with van der Waals surface area (Å²) in [7, 11) is 0. The standard InChI is InChI=1S/C17H26Cl2N2/c1-5-11(3)16-10-21(13(6-2)9-20-16)17-8-14(18)12(4)7-15(17)19/h7-8,11,13,16,20H,5-6,9-10H2,1-4H3. The van der Waals surface area contributed by atoms with Crippen LogP contribution in [0, 0.1) is 12.8 Å². The fraction of sp³-hybridized carbons (Fsp3) is 0.647. The summed E-state index contributed by atoms with van der Waals surface area (Å²) in [5.41, 5.74) is 2.11. The lowest BCUT2D eigenvalue weighted by Gasteiger charge is -2.44. The Kier molecular flexibility index (Phi) is 5.81. The average Bonchev–Trinajstić information content (AvgIpc) is 2.49. The first-order valence-electron chi connectivity index (χ1n) is 7.93. The van der Waals surface area contributed by atoms with Crippen LogP contribution in [-0.2, 0) is 0 Å². The number of rotatable bonds is 4. The summed E-state index contributed by atoms with van der Waals surface area (Å²) in [6, 6.07) is 4.99. The van der Waals surface area contributed by atoms with Crippen molar-refractivity contribution in [3.05, 3.63) is 27.7 Å². The minimum Gasteiger partial charge on any atom is -0.364 e. The van der Waals surface area contributed by atoms with Crippen LogP contribution in [0.25, 0.3) is 0 Å². The third kappa shape index (κ3) is 3.67. The van der Waals surface area contributed by atoms with Gasteiger partial charge in [0.1, 0.15) is 0 Å². The molecule has 3 atom stereocenters. The van der Waals surface area contributed by atoms with Gasteiger partial charge in [0.05, 0.1) is 10.7 Å². The molecular formula is C17H26Cl2N2. The maximum absolute atomic E-state index is 6.50. The number of anilines is 1. The van der Waals surface area contributed by atoms with E-state index >= 15 is 0 Å². The second kappa shape index (κ2) is 7.21. The van der Waals surface area contributed by atoms with Crippen LogP contribution in [0.4, 0.5) is 5.69 Å². The molecule has 1 heterocycles. The van der Waals surface area contributed by atoms with Gasteiger partial charge in [0.15, 0.2) is 0 Å². The summed E-state index contributed by atoms with van der Waals surface area (Å²) in [4.78, 5) is 2.45. The first kappa shape index (κ1) is 16.9. The molecule has 1 aliphatic heterocycles. The highest BCUT2D eigenvalue weighted by molar-refractivity contribution is 6.35. The molecule has 0 radical (unpaired) electrons. The van der Waals surface area contributed by atoms with Crippen molar-refractivity contribution in [2.24, 2.45) is 5.92 Å². The van der Waals surface area contributed by atoms with Crippen molar-refractivity contribution in [3.63, 3.8) is 0 Å². The molecule has 118 valence electrons. The van der Waals surface area contributed by atoms with Gasteiger partial charge in [-0.2, -0.15) is 0 Å². The van der Waals surface area contributed by atoms with E-state index in [1.807, 2.05) is 19.1 Å². The maximum Gasteiger partial charge on any atom is 0.0643 e. The molecule has 2 rings (SSSR count). The normalized spacial score (nSPS) is 24.2. The number of hydrogen-bond acceptors (Lipinski definition) is 2. The summed E-state index contributed by atoms with van der Waals surface area (Å²) in [5.74, 6) is 0.657. The molecule has 0 bridgehead atoms. The Morgan fingerprint density at radius 1 is 1.29 bits per heavy atom. The number of nitrogens with one attached hydrogen (secondary N) is 1. The summed E-state index contributed by atoms with van der Waals surface area (Å²) in [6.07, 6.45) is 2.28. The molecule has 1 N–H and O–H groups in total. The Morgan fingerprint density at radius 3 is 2.62 bits per heavy atom.